The minimum atomic E-state index is -1.08. The first kappa shape index (κ1) is 25.3. The van der Waals surface area contributed by atoms with Crippen LogP contribution in [0.15, 0.2) is 48.5 Å². The van der Waals surface area contributed by atoms with Crippen molar-refractivity contribution >= 4 is 52.2 Å². The average Bonchev–Trinajstić information content (AvgIpc) is 3.48. The Bertz CT molecular complexity index is 1200. The fraction of sp³-hybridized carbons (Fsp3) is 0.320. The number of carbonyl (C=O) groups is 2. The number of amides is 2. The molecule has 4 rings (SSSR count). The third-order valence-corrected chi connectivity index (χ3v) is 7.47. The third kappa shape index (κ3) is 5.55. The van der Waals surface area contributed by atoms with Crippen LogP contribution in [0.5, 0.6) is 11.5 Å². The van der Waals surface area contributed by atoms with Crippen LogP contribution in [0.3, 0.4) is 0 Å². The molecule has 1 saturated carbocycles. The van der Waals surface area contributed by atoms with E-state index >= 15 is 0 Å². The highest BCUT2D eigenvalue weighted by Gasteiger charge is 2.38. The lowest BCUT2D eigenvalue weighted by molar-refractivity contribution is -0.123. The van der Waals surface area contributed by atoms with Crippen LogP contribution < -0.4 is 15.0 Å². The summed E-state index contributed by atoms with van der Waals surface area (Å²) in [6, 6.07) is 12.1. The van der Waals surface area contributed by atoms with E-state index in [1.54, 1.807) is 36.4 Å². The summed E-state index contributed by atoms with van der Waals surface area (Å²) in [5.41, 5.74) is 0.847. The summed E-state index contributed by atoms with van der Waals surface area (Å²) < 4.78 is 10.2. The maximum atomic E-state index is 14.0. The van der Waals surface area contributed by atoms with Gasteiger partial charge in [-0.2, -0.15) is 4.37 Å². The Labute approximate surface area is 217 Å². The van der Waals surface area contributed by atoms with Crippen molar-refractivity contribution in [2.45, 2.75) is 44.7 Å². The van der Waals surface area contributed by atoms with Gasteiger partial charge in [-0.25, -0.2) is 0 Å². The van der Waals surface area contributed by atoms with Gasteiger partial charge in [-0.1, -0.05) is 60.3 Å². The van der Waals surface area contributed by atoms with Crippen LogP contribution >= 0.6 is 34.7 Å². The van der Waals surface area contributed by atoms with E-state index in [9.17, 15) is 14.7 Å². The number of benzene rings is 2. The second-order valence-electron chi connectivity index (χ2n) is 8.18. The number of rotatable bonds is 8. The summed E-state index contributed by atoms with van der Waals surface area (Å²) in [6.45, 7) is 2.20. The molecule has 1 aromatic heterocycles. The molecule has 7 nitrogen and oxygen atoms in total. The Morgan fingerprint density at radius 3 is 2.49 bits per heavy atom. The smallest absolute Gasteiger partial charge is 0.280 e. The molecule has 0 bridgehead atoms. The highest BCUT2D eigenvalue weighted by molar-refractivity contribution is 7.11. The minimum absolute atomic E-state index is 0.0264. The van der Waals surface area contributed by atoms with Gasteiger partial charge in [0.1, 0.15) is 26.9 Å². The van der Waals surface area contributed by atoms with Crippen molar-refractivity contribution in [1.29, 1.82) is 0 Å². The number of ether oxygens (including phenoxy) is 1. The highest BCUT2D eigenvalue weighted by atomic mass is 35.5. The molecule has 0 radical (unpaired) electrons. The largest absolute Gasteiger partial charge is 0.508 e. The number of nitrogens with one attached hydrogen (secondary N) is 1. The molecule has 2 aromatic carbocycles. The van der Waals surface area contributed by atoms with E-state index in [-0.39, 0.29) is 32.8 Å². The number of hydrogen-bond acceptors (Lipinski definition) is 6. The molecule has 10 heteroatoms. The first-order valence-electron chi connectivity index (χ1n) is 11.4. The van der Waals surface area contributed by atoms with E-state index in [0.717, 1.165) is 37.2 Å². The van der Waals surface area contributed by atoms with Gasteiger partial charge in [0.2, 0.25) is 5.91 Å². The third-order valence-electron chi connectivity index (χ3n) is 5.86. The normalized spacial score (nSPS) is 14.5. The Morgan fingerprint density at radius 1 is 1.17 bits per heavy atom. The second kappa shape index (κ2) is 11.3. The lowest BCUT2D eigenvalue weighted by Gasteiger charge is -2.33. The zero-order valence-electron chi connectivity index (χ0n) is 19.0. The molecule has 1 aliphatic rings. The molecular weight excluding hydrogens is 509 g/mol. The lowest BCUT2D eigenvalue weighted by Crippen LogP contribution is -2.46. The maximum absolute atomic E-state index is 14.0. The number of para-hydroxylation sites is 2. The summed E-state index contributed by atoms with van der Waals surface area (Å²) in [5, 5.41) is 13.0. The van der Waals surface area contributed by atoms with Gasteiger partial charge in [-0.3, -0.25) is 14.5 Å². The molecule has 184 valence electrons. The lowest BCUT2D eigenvalue weighted by atomic mass is 10.0. The van der Waals surface area contributed by atoms with Crippen LogP contribution in [0.2, 0.25) is 9.36 Å². The molecular formula is C25H25Cl2N3O4S. The number of carbonyl (C=O) groups excluding carboxylic acids is 2. The van der Waals surface area contributed by atoms with Crippen LogP contribution in [0.4, 0.5) is 5.69 Å². The van der Waals surface area contributed by atoms with Crippen molar-refractivity contribution in [3.05, 3.63) is 69.1 Å². The van der Waals surface area contributed by atoms with Crippen molar-refractivity contribution in [2.24, 2.45) is 0 Å². The second-order valence-corrected chi connectivity index (χ2v) is 9.93. The Kier molecular flexibility index (Phi) is 8.15. The van der Waals surface area contributed by atoms with Crippen LogP contribution in [0.25, 0.3) is 0 Å². The number of halogens is 2. The van der Waals surface area contributed by atoms with Crippen molar-refractivity contribution < 1.29 is 19.4 Å². The van der Waals surface area contributed by atoms with Gasteiger partial charge in [0.15, 0.2) is 5.69 Å². The van der Waals surface area contributed by atoms with E-state index in [1.807, 2.05) is 6.92 Å². The molecule has 0 unspecified atom stereocenters. The molecule has 0 aliphatic heterocycles. The molecule has 0 spiro atoms. The van der Waals surface area contributed by atoms with Crippen molar-refractivity contribution in [1.82, 2.24) is 9.69 Å². The van der Waals surface area contributed by atoms with Gasteiger partial charge >= 0.3 is 0 Å². The zero-order valence-corrected chi connectivity index (χ0v) is 21.4. The molecule has 1 fully saturated rings. The van der Waals surface area contributed by atoms with Crippen LogP contribution in [0.1, 0.15) is 54.7 Å². The molecule has 3 aromatic rings. The van der Waals surface area contributed by atoms with Crippen molar-refractivity contribution in [3.8, 4) is 11.5 Å². The minimum Gasteiger partial charge on any atom is -0.508 e. The van der Waals surface area contributed by atoms with E-state index in [0.29, 0.717) is 23.6 Å². The maximum Gasteiger partial charge on any atom is 0.280 e. The van der Waals surface area contributed by atoms with Gasteiger partial charge in [0, 0.05) is 6.04 Å². The van der Waals surface area contributed by atoms with E-state index in [1.165, 1.54) is 17.0 Å². The molecule has 2 N–H and O–H groups in total. The van der Waals surface area contributed by atoms with Gasteiger partial charge in [-0.15, -0.1) is 0 Å². The van der Waals surface area contributed by atoms with Crippen LogP contribution in [-0.2, 0) is 4.79 Å². The predicted molar refractivity (Wildman–Crippen MR) is 138 cm³/mol. The molecule has 1 aliphatic carbocycles. The standard InChI is InChI=1S/C25H25Cl2N3O4S/c1-2-34-19-10-6-5-9-18(19)30(25(33)21-20(26)23(27)35-29-21)22(15-11-13-17(31)14-12-15)24(32)28-16-7-3-4-8-16/h5-6,9-14,16,22,31H,2-4,7-8H2,1H3,(H,28,32)/t22-/m0/s1. The molecule has 1 atom stereocenters. The molecule has 0 saturated heterocycles. The summed E-state index contributed by atoms with van der Waals surface area (Å²) in [5.74, 6) is -0.464. The van der Waals surface area contributed by atoms with Crippen molar-refractivity contribution in [3.63, 3.8) is 0 Å². The molecule has 2 amide bonds. The van der Waals surface area contributed by atoms with Gasteiger partial charge in [0.05, 0.1) is 12.3 Å². The molecule has 1 heterocycles. The topological polar surface area (TPSA) is 91.8 Å². The van der Waals surface area contributed by atoms with Crippen molar-refractivity contribution in [2.75, 3.05) is 11.5 Å². The number of hydrogen-bond donors (Lipinski definition) is 2. The quantitative estimate of drug-likeness (QED) is 0.370. The molecule has 35 heavy (non-hydrogen) atoms. The number of phenolic OH excluding ortho intramolecular Hbond substituents is 1. The van der Waals surface area contributed by atoms with E-state index < -0.39 is 11.9 Å². The van der Waals surface area contributed by atoms with Crippen LogP contribution in [0, 0.1) is 0 Å². The SMILES string of the molecule is CCOc1ccccc1N(C(=O)c1nsc(Cl)c1Cl)[C@H](C(=O)NC1CCCC1)c1ccc(O)cc1. The zero-order chi connectivity index (χ0) is 24.9. The predicted octanol–water partition coefficient (Wildman–Crippen LogP) is 6.00. The summed E-state index contributed by atoms with van der Waals surface area (Å²) in [7, 11) is 0. The number of phenols is 1. The first-order chi connectivity index (χ1) is 16.9. The van der Waals surface area contributed by atoms with Gasteiger partial charge < -0.3 is 15.2 Å². The summed E-state index contributed by atoms with van der Waals surface area (Å²) >= 11 is 13.3. The fourth-order valence-electron chi connectivity index (χ4n) is 4.23. The fourth-order valence-corrected chi connectivity index (χ4v) is 5.22. The number of anilines is 1. The van der Waals surface area contributed by atoms with E-state index in [4.69, 9.17) is 27.9 Å². The van der Waals surface area contributed by atoms with Gasteiger partial charge in [0.25, 0.3) is 5.91 Å². The first-order valence-corrected chi connectivity index (χ1v) is 12.9. The Hall–Kier alpha value is -2.81. The Balaban J connectivity index is 1.88. The Morgan fingerprint density at radius 2 is 1.86 bits per heavy atom. The average molecular weight is 534 g/mol. The van der Waals surface area contributed by atoms with Crippen LogP contribution in [-0.4, -0.2) is 33.9 Å². The van der Waals surface area contributed by atoms with E-state index in [2.05, 4.69) is 9.69 Å². The summed E-state index contributed by atoms with van der Waals surface area (Å²) in [6.07, 6.45) is 3.84. The number of aromatic nitrogens is 1. The van der Waals surface area contributed by atoms with Gasteiger partial charge in [-0.05, 0) is 61.1 Å². The highest BCUT2D eigenvalue weighted by Crippen LogP contribution is 2.39. The number of aromatic hydroxyl groups is 1. The number of nitrogens with zero attached hydrogens (tertiary/aromatic N) is 2. The summed E-state index contributed by atoms with van der Waals surface area (Å²) in [4.78, 5) is 29.2. The monoisotopic (exact) mass is 533 g/mol.